The molecule has 0 spiro atoms. The zero-order valence-electron chi connectivity index (χ0n) is 9.66. The maximum atomic E-state index is 8.92. The number of rotatable bonds is 2. The van der Waals surface area contributed by atoms with Crippen LogP contribution in [0.25, 0.3) is 0 Å². The topological polar surface area (TPSA) is 29.4 Å². The molecule has 0 aliphatic carbocycles. The summed E-state index contributed by atoms with van der Waals surface area (Å²) in [6, 6.07) is 10.5. The first-order valence-electron chi connectivity index (χ1n) is 5.18. The molecule has 1 aromatic carbocycles. The van der Waals surface area contributed by atoms with Crippen LogP contribution in [-0.2, 0) is 6.42 Å². The predicted octanol–water partition coefficient (Wildman–Crippen LogP) is 4.68. The van der Waals surface area contributed by atoms with Gasteiger partial charge in [-0.05, 0) is 18.9 Å². The fraction of sp³-hybridized carbons (Fsp3) is 0.538. The van der Waals surface area contributed by atoms with Crippen LogP contribution in [-0.4, -0.2) is 6.54 Å². The van der Waals surface area contributed by atoms with Crippen LogP contribution in [0.3, 0.4) is 0 Å². The lowest BCUT2D eigenvalue weighted by Crippen LogP contribution is -1.73. The van der Waals surface area contributed by atoms with E-state index >= 15 is 0 Å². The van der Waals surface area contributed by atoms with Crippen molar-refractivity contribution in [3.8, 4) is 0 Å². The molecular formula is C13H25NO. The summed E-state index contributed by atoms with van der Waals surface area (Å²) in [6.07, 6.45) is 1.14. The fourth-order valence-corrected chi connectivity index (χ4v) is 0.714. The van der Waals surface area contributed by atoms with Crippen LogP contribution in [0.15, 0.2) is 35.5 Å². The second-order valence-electron chi connectivity index (χ2n) is 2.28. The molecular weight excluding hydrogens is 186 g/mol. The van der Waals surface area contributed by atoms with Crippen molar-refractivity contribution in [2.75, 3.05) is 6.54 Å². The molecule has 0 aromatic heterocycles. The van der Waals surface area contributed by atoms with Crippen LogP contribution in [0.1, 0.15) is 40.7 Å². The average Bonchev–Trinajstić information content (AvgIpc) is 2.33. The number of aryl methyl sites for hydroxylation is 1. The molecule has 0 aliphatic heterocycles. The Labute approximate surface area is 94.7 Å². The van der Waals surface area contributed by atoms with Crippen molar-refractivity contribution in [2.45, 2.75) is 41.5 Å². The SMILES string of the molecule is C.CC.CCN=O.CCc1ccccc1. The molecule has 0 radical (unpaired) electrons. The van der Waals surface area contributed by atoms with Crippen LogP contribution in [0.2, 0.25) is 0 Å². The van der Waals surface area contributed by atoms with Gasteiger partial charge in [0.05, 0.1) is 6.54 Å². The van der Waals surface area contributed by atoms with Crippen molar-refractivity contribution in [1.29, 1.82) is 0 Å². The highest BCUT2D eigenvalue weighted by atomic mass is 16.3. The van der Waals surface area contributed by atoms with Gasteiger partial charge in [0.2, 0.25) is 0 Å². The molecule has 0 saturated carbocycles. The molecule has 15 heavy (non-hydrogen) atoms. The average molecular weight is 211 g/mol. The Morgan fingerprint density at radius 1 is 1.07 bits per heavy atom. The molecule has 0 N–H and O–H groups in total. The highest BCUT2D eigenvalue weighted by Gasteiger charge is 1.79. The number of benzene rings is 1. The van der Waals surface area contributed by atoms with Gasteiger partial charge in [-0.2, -0.15) is 4.91 Å². The Kier molecular flexibility index (Phi) is 24.0. The summed E-state index contributed by atoms with van der Waals surface area (Å²) in [4.78, 5) is 8.92. The molecule has 0 bridgehead atoms. The fourth-order valence-electron chi connectivity index (χ4n) is 0.714. The highest BCUT2D eigenvalue weighted by molar-refractivity contribution is 5.13. The molecule has 0 amide bonds. The van der Waals surface area contributed by atoms with Gasteiger partial charge in [-0.1, -0.05) is 63.7 Å². The van der Waals surface area contributed by atoms with Crippen LogP contribution < -0.4 is 0 Å². The summed E-state index contributed by atoms with van der Waals surface area (Å²) in [5.41, 5.74) is 1.41. The van der Waals surface area contributed by atoms with E-state index in [0.29, 0.717) is 6.54 Å². The first kappa shape index (κ1) is 19.4. The summed E-state index contributed by atoms with van der Waals surface area (Å²) in [6.45, 7) is 8.25. The van der Waals surface area contributed by atoms with Gasteiger partial charge in [-0.3, -0.25) is 0 Å². The van der Waals surface area contributed by atoms with E-state index in [1.54, 1.807) is 6.92 Å². The summed E-state index contributed by atoms with van der Waals surface area (Å²) < 4.78 is 0. The van der Waals surface area contributed by atoms with Gasteiger partial charge < -0.3 is 0 Å². The predicted molar refractivity (Wildman–Crippen MR) is 70.2 cm³/mol. The molecule has 2 nitrogen and oxygen atoms in total. The second-order valence-corrected chi connectivity index (χ2v) is 2.28. The van der Waals surface area contributed by atoms with Gasteiger partial charge in [0.1, 0.15) is 0 Å². The lowest BCUT2D eigenvalue weighted by Gasteiger charge is -1.89. The lowest BCUT2D eigenvalue weighted by atomic mass is 10.2. The van der Waals surface area contributed by atoms with Crippen LogP contribution in [0, 0.1) is 4.91 Å². The maximum Gasteiger partial charge on any atom is 0.0783 e. The monoisotopic (exact) mass is 211 g/mol. The minimum Gasteiger partial charge on any atom is -0.151 e. The third kappa shape index (κ3) is 15.6. The first-order chi connectivity index (χ1) is 6.85. The van der Waals surface area contributed by atoms with E-state index in [9.17, 15) is 0 Å². The highest BCUT2D eigenvalue weighted by Crippen LogP contribution is 1.96. The molecule has 0 saturated heterocycles. The minimum absolute atomic E-state index is 0. The Morgan fingerprint density at radius 2 is 1.47 bits per heavy atom. The normalized spacial score (nSPS) is 6.93. The van der Waals surface area contributed by atoms with Crippen molar-refractivity contribution >= 4 is 0 Å². The van der Waals surface area contributed by atoms with Crippen LogP contribution >= 0.6 is 0 Å². The maximum absolute atomic E-state index is 8.92. The Balaban J connectivity index is -0.000000179. The van der Waals surface area contributed by atoms with Gasteiger partial charge in [0.25, 0.3) is 0 Å². The van der Waals surface area contributed by atoms with E-state index < -0.39 is 0 Å². The zero-order valence-corrected chi connectivity index (χ0v) is 9.66. The molecule has 0 heterocycles. The van der Waals surface area contributed by atoms with E-state index in [1.807, 2.05) is 19.9 Å². The molecule has 1 aromatic rings. The summed E-state index contributed by atoms with van der Waals surface area (Å²) in [7, 11) is 0. The van der Waals surface area contributed by atoms with E-state index in [1.165, 1.54) is 5.56 Å². The van der Waals surface area contributed by atoms with Gasteiger partial charge in [-0.25, -0.2) is 0 Å². The van der Waals surface area contributed by atoms with Crippen LogP contribution in [0.4, 0.5) is 0 Å². The summed E-state index contributed by atoms with van der Waals surface area (Å²) >= 11 is 0. The van der Waals surface area contributed by atoms with E-state index in [4.69, 9.17) is 4.91 Å². The first-order valence-corrected chi connectivity index (χ1v) is 5.18. The standard InChI is InChI=1S/C8H10.C2H5NO.C2H6.CH4/c1-2-8-6-4-3-5-7-8;1-2-3-4;1-2;/h3-7H,2H2,1H3;2H2,1H3;1-2H3;1H4. The van der Waals surface area contributed by atoms with Crippen molar-refractivity contribution < 1.29 is 0 Å². The minimum atomic E-state index is 0. The van der Waals surface area contributed by atoms with E-state index in [2.05, 4.69) is 36.4 Å². The van der Waals surface area contributed by atoms with Gasteiger partial charge in [0.15, 0.2) is 0 Å². The van der Waals surface area contributed by atoms with Gasteiger partial charge in [-0.15, -0.1) is 0 Å². The van der Waals surface area contributed by atoms with E-state index in [-0.39, 0.29) is 7.43 Å². The lowest BCUT2D eigenvalue weighted by molar-refractivity contribution is 1.12. The molecule has 2 heteroatoms. The molecule has 1 rings (SSSR count). The molecule has 0 unspecified atom stereocenters. The molecule has 88 valence electrons. The van der Waals surface area contributed by atoms with Crippen molar-refractivity contribution in [3.05, 3.63) is 40.8 Å². The van der Waals surface area contributed by atoms with Crippen molar-refractivity contribution in [1.82, 2.24) is 0 Å². The van der Waals surface area contributed by atoms with Crippen molar-refractivity contribution in [2.24, 2.45) is 5.18 Å². The van der Waals surface area contributed by atoms with E-state index in [0.717, 1.165) is 6.42 Å². The molecule has 0 fully saturated rings. The number of hydrogen-bond acceptors (Lipinski definition) is 2. The number of nitrogens with zero attached hydrogens (tertiary/aromatic N) is 1. The Hall–Kier alpha value is -1.18. The third-order valence-electron chi connectivity index (χ3n) is 1.38. The number of hydrogen-bond donors (Lipinski definition) is 0. The Morgan fingerprint density at radius 3 is 1.67 bits per heavy atom. The zero-order chi connectivity index (χ0) is 11.2. The quantitative estimate of drug-likeness (QED) is 0.653. The Bertz CT molecular complexity index is 197. The van der Waals surface area contributed by atoms with Gasteiger partial charge >= 0.3 is 0 Å². The second kappa shape index (κ2) is 18.6. The smallest absolute Gasteiger partial charge is 0.0783 e. The molecule has 0 atom stereocenters. The van der Waals surface area contributed by atoms with Crippen molar-refractivity contribution in [3.63, 3.8) is 0 Å². The third-order valence-corrected chi connectivity index (χ3v) is 1.38. The number of nitroso groups, excluding NO2 is 1. The summed E-state index contributed by atoms with van der Waals surface area (Å²) in [5, 5.41) is 2.49. The summed E-state index contributed by atoms with van der Waals surface area (Å²) in [5.74, 6) is 0. The largest absolute Gasteiger partial charge is 0.151 e. The van der Waals surface area contributed by atoms with Gasteiger partial charge in [0, 0.05) is 0 Å². The van der Waals surface area contributed by atoms with Crippen LogP contribution in [0.5, 0.6) is 0 Å². The molecule has 0 aliphatic rings.